The Labute approximate surface area is 163 Å². The molecule has 148 valence electrons. The molecular weight excluding hydrogens is 388 g/mol. The zero-order chi connectivity index (χ0) is 20.8. The second kappa shape index (κ2) is 6.81. The maximum absolute atomic E-state index is 13.9. The van der Waals surface area contributed by atoms with Crippen LogP contribution in [-0.4, -0.2) is 18.1 Å². The van der Waals surface area contributed by atoms with Crippen LogP contribution >= 0.6 is 0 Å². The summed E-state index contributed by atoms with van der Waals surface area (Å²) in [6.07, 6.45) is -5.97. The zero-order valence-electron chi connectivity index (χ0n) is 14.8. The Hall–Kier alpha value is -3.54. The first-order chi connectivity index (χ1) is 13.8. The molecule has 0 spiro atoms. The van der Waals surface area contributed by atoms with Crippen LogP contribution in [-0.2, 0) is 4.74 Å². The number of rotatable bonds is 2. The maximum atomic E-state index is 13.9. The summed E-state index contributed by atoms with van der Waals surface area (Å²) in [5, 5.41) is 14.5. The van der Waals surface area contributed by atoms with Crippen molar-refractivity contribution in [1.82, 2.24) is 0 Å². The van der Waals surface area contributed by atoms with Gasteiger partial charge in [0.05, 0.1) is 17.2 Å². The zero-order valence-corrected chi connectivity index (χ0v) is 14.8. The van der Waals surface area contributed by atoms with Gasteiger partial charge in [-0.2, -0.15) is 23.5 Å². The minimum atomic E-state index is -4.76. The van der Waals surface area contributed by atoms with E-state index in [0.717, 1.165) is 17.1 Å². The highest BCUT2D eigenvalue weighted by Gasteiger charge is 2.57. The van der Waals surface area contributed by atoms with Crippen LogP contribution in [0.15, 0.2) is 71.2 Å². The highest BCUT2D eigenvalue weighted by atomic mass is 19.4. The molecule has 0 saturated heterocycles. The van der Waals surface area contributed by atoms with Crippen LogP contribution in [0.5, 0.6) is 0 Å². The summed E-state index contributed by atoms with van der Waals surface area (Å²) < 4.78 is 60.6. The first-order valence-electron chi connectivity index (χ1n) is 8.63. The summed E-state index contributed by atoms with van der Waals surface area (Å²) in [4.78, 5) is 0. The van der Waals surface area contributed by atoms with E-state index in [0.29, 0.717) is 11.3 Å². The molecule has 3 atom stereocenters. The number of allylic oxidation sites excluding steroid dienone is 1. The molecule has 0 saturated carbocycles. The summed E-state index contributed by atoms with van der Waals surface area (Å²) in [5.74, 6) is -3.27. The van der Waals surface area contributed by atoms with Crippen molar-refractivity contribution in [2.75, 3.05) is 5.01 Å². The molecule has 2 aromatic carbocycles. The second-order valence-corrected chi connectivity index (χ2v) is 6.62. The number of fused-ring (bicyclic) bond motifs is 1. The summed E-state index contributed by atoms with van der Waals surface area (Å²) >= 11 is 0. The molecule has 2 aliphatic heterocycles. The predicted octanol–water partition coefficient (Wildman–Crippen LogP) is 4.01. The van der Waals surface area contributed by atoms with Gasteiger partial charge in [-0.05, 0) is 29.8 Å². The van der Waals surface area contributed by atoms with Gasteiger partial charge in [0.1, 0.15) is 11.9 Å². The van der Waals surface area contributed by atoms with Crippen LogP contribution in [0.4, 0.5) is 23.2 Å². The molecule has 0 aliphatic carbocycles. The molecule has 2 aromatic rings. The van der Waals surface area contributed by atoms with Gasteiger partial charge in [0.2, 0.25) is 12.1 Å². The van der Waals surface area contributed by atoms with Crippen LogP contribution in [0.25, 0.3) is 0 Å². The number of hydrazone groups is 1. The molecule has 0 unspecified atom stereocenters. The standard InChI is InChI=1S/C20H14F4N4O/c21-12-8-6-11(7-9-12)15-14(10-25)18(26)29-19-16(15)17(20(22,23)24)27-28(19)13-4-2-1-3-5-13/h1-9,15-16,19H,26H2/t15-,16-,19+/m0/s1. The van der Waals surface area contributed by atoms with Crippen LogP contribution in [0.2, 0.25) is 0 Å². The third-order valence-corrected chi connectivity index (χ3v) is 4.92. The highest BCUT2D eigenvalue weighted by Crippen LogP contribution is 2.48. The summed E-state index contributed by atoms with van der Waals surface area (Å²) in [7, 11) is 0. The van der Waals surface area contributed by atoms with Crippen molar-refractivity contribution >= 4 is 11.4 Å². The highest BCUT2D eigenvalue weighted by molar-refractivity contribution is 5.96. The average Bonchev–Trinajstić information content (AvgIpc) is 3.08. The van der Waals surface area contributed by atoms with Crippen molar-refractivity contribution in [2.24, 2.45) is 16.8 Å². The molecule has 0 aromatic heterocycles. The molecule has 2 aliphatic rings. The van der Waals surface area contributed by atoms with E-state index in [1.807, 2.05) is 6.07 Å². The van der Waals surface area contributed by atoms with Crippen molar-refractivity contribution in [1.29, 1.82) is 5.26 Å². The number of nitriles is 1. The number of hydrogen-bond acceptors (Lipinski definition) is 5. The van der Waals surface area contributed by atoms with Crippen molar-refractivity contribution in [3.05, 3.63) is 77.4 Å². The van der Waals surface area contributed by atoms with E-state index in [1.54, 1.807) is 30.3 Å². The monoisotopic (exact) mass is 402 g/mol. The minimum absolute atomic E-state index is 0.148. The fourth-order valence-corrected chi connectivity index (χ4v) is 3.70. The molecule has 5 nitrogen and oxygen atoms in total. The predicted molar refractivity (Wildman–Crippen MR) is 96.7 cm³/mol. The van der Waals surface area contributed by atoms with Crippen molar-refractivity contribution < 1.29 is 22.3 Å². The van der Waals surface area contributed by atoms with Crippen molar-refractivity contribution in [2.45, 2.75) is 18.3 Å². The van der Waals surface area contributed by atoms with Crippen LogP contribution in [0, 0.1) is 23.1 Å². The van der Waals surface area contributed by atoms with Gasteiger partial charge in [-0.1, -0.05) is 30.3 Å². The molecule has 4 rings (SSSR count). The maximum Gasteiger partial charge on any atom is 0.431 e. The number of halogens is 4. The number of nitrogens with two attached hydrogens (primary N) is 1. The van der Waals surface area contributed by atoms with E-state index >= 15 is 0 Å². The van der Waals surface area contributed by atoms with Crippen molar-refractivity contribution in [3.8, 4) is 6.07 Å². The van der Waals surface area contributed by atoms with Gasteiger partial charge in [0.25, 0.3) is 0 Å². The molecule has 29 heavy (non-hydrogen) atoms. The van der Waals surface area contributed by atoms with Gasteiger partial charge in [-0.15, -0.1) is 0 Å². The van der Waals surface area contributed by atoms with E-state index in [9.17, 15) is 22.8 Å². The van der Waals surface area contributed by atoms with Gasteiger partial charge in [0.15, 0.2) is 5.71 Å². The Kier molecular flexibility index (Phi) is 4.42. The van der Waals surface area contributed by atoms with Crippen LogP contribution < -0.4 is 10.7 Å². The Balaban J connectivity index is 1.90. The van der Waals surface area contributed by atoms with Crippen molar-refractivity contribution in [3.63, 3.8) is 0 Å². The Morgan fingerprint density at radius 2 is 1.72 bits per heavy atom. The normalized spacial score (nSPS) is 23.9. The lowest BCUT2D eigenvalue weighted by atomic mass is 9.76. The Bertz CT molecular complexity index is 1030. The van der Waals surface area contributed by atoms with E-state index in [1.165, 1.54) is 12.1 Å². The molecule has 9 heteroatoms. The van der Waals surface area contributed by atoms with E-state index in [-0.39, 0.29) is 11.5 Å². The smallest absolute Gasteiger partial charge is 0.431 e. The number of alkyl halides is 3. The number of benzene rings is 2. The molecule has 2 heterocycles. The second-order valence-electron chi connectivity index (χ2n) is 6.62. The molecule has 0 radical (unpaired) electrons. The topological polar surface area (TPSA) is 74.6 Å². The molecule has 0 bridgehead atoms. The quantitative estimate of drug-likeness (QED) is 0.771. The number of hydrogen-bond donors (Lipinski definition) is 1. The van der Waals surface area contributed by atoms with Gasteiger partial charge in [-0.3, -0.25) is 0 Å². The Morgan fingerprint density at radius 1 is 1.07 bits per heavy atom. The van der Waals surface area contributed by atoms with Crippen LogP contribution in [0.1, 0.15) is 11.5 Å². The lowest BCUT2D eigenvalue weighted by Crippen LogP contribution is -2.46. The van der Waals surface area contributed by atoms with Gasteiger partial charge in [-0.25, -0.2) is 9.40 Å². The fourth-order valence-electron chi connectivity index (χ4n) is 3.70. The number of para-hydroxylation sites is 1. The van der Waals surface area contributed by atoms with E-state index < -0.39 is 35.8 Å². The van der Waals surface area contributed by atoms with Crippen LogP contribution in [0.3, 0.4) is 0 Å². The Morgan fingerprint density at radius 3 is 2.31 bits per heavy atom. The third kappa shape index (κ3) is 3.16. The lowest BCUT2D eigenvalue weighted by Gasteiger charge is -2.37. The molecular formula is C20H14F4N4O. The molecule has 0 amide bonds. The number of anilines is 1. The summed E-state index contributed by atoms with van der Waals surface area (Å²) in [6.45, 7) is 0. The number of ether oxygens (including phenoxy) is 1. The fraction of sp³-hybridized carbons (Fsp3) is 0.200. The summed E-state index contributed by atoms with van der Waals surface area (Å²) in [5.41, 5.74) is 5.37. The van der Waals surface area contributed by atoms with E-state index in [2.05, 4.69) is 5.10 Å². The van der Waals surface area contributed by atoms with Gasteiger partial charge < -0.3 is 10.5 Å². The molecule has 0 fully saturated rings. The minimum Gasteiger partial charge on any atom is -0.452 e. The first kappa shape index (κ1) is 18.8. The number of nitrogens with zero attached hydrogens (tertiary/aromatic N) is 3. The average molecular weight is 402 g/mol. The lowest BCUT2D eigenvalue weighted by molar-refractivity contribution is -0.0658. The largest absolute Gasteiger partial charge is 0.452 e. The van der Waals surface area contributed by atoms with Gasteiger partial charge >= 0.3 is 6.18 Å². The molecule has 2 N–H and O–H groups in total. The van der Waals surface area contributed by atoms with Gasteiger partial charge in [0, 0.05) is 5.92 Å². The first-order valence-corrected chi connectivity index (χ1v) is 8.63. The summed E-state index contributed by atoms with van der Waals surface area (Å²) in [6, 6.07) is 15.0. The van der Waals surface area contributed by atoms with E-state index in [4.69, 9.17) is 10.5 Å². The SMILES string of the molecule is N#CC1=C(N)O[C@@H]2[C@H](C(C(F)(F)F)=NN2c2ccccc2)[C@H]1c1ccc(F)cc1. The third-order valence-electron chi connectivity index (χ3n) is 4.92.